The van der Waals surface area contributed by atoms with E-state index in [0.29, 0.717) is 36.2 Å². The SMILES string of the molecule is O=C(c1ccc(Br)cc1F)N1CCc2cc(S(=O)(=O)N3CCCCC3)ccc21. The second kappa shape index (κ2) is 7.57. The minimum Gasteiger partial charge on any atom is -0.308 e. The number of sulfonamides is 1. The van der Waals surface area contributed by atoms with Crippen molar-refractivity contribution in [2.75, 3.05) is 24.5 Å². The van der Waals surface area contributed by atoms with Crippen LogP contribution < -0.4 is 4.90 Å². The van der Waals surface area contributed by atoms with Crippen molar-refractivity contribution in [3.8, 4) is 0 Å². The van der Waals surface area contributed by atoms with Gasteiger partial charge in [0.05, 0.1) is 10.5 Å². The van der Waals surface area contributed by atoms with Gasteiger partial charge in [-0.15, -0.1) is 0 Å². The monoisotopic (exact) mass is 466 g/mol. The Labute approximate surface area is 172 Å². The van der Waals surface area contributed by atoms with Crippen molar-refractivity contribution in [2.24, 2.45) is 0 Å². The zero-order valence-electron chi connectivity index (χ0n) is 15.2. The first-order chi connectivity index (χ1) is 13.4. The van der Waals surface area contributed by atoms with Crippen LogP contribution in [0, 0.1) is 5.82 Å². The predicted molar refractivity (Wildman–Crippen MR) is 109 cm³/mol. The van der Waals surface area contributed by atoms with Gasteiger partial charge in [-0.2, -0.15) is 4.31 Å². The quantitative estimate of drug-likeness (QED) is 0.687. The van der Waals surface area contributed by atoms with E-state index in [1.54, 1.807) is 24.3 Å². The molecule has 0 atom stereocenters. The summed E-state index contributed by atoms with van der Waals surface area (Å²) >= 11 is 3.19. The summed E-state index contributed by atoms with van der Waals surface area (Å²) < 4.78 is 42.1. The number of carbonyl (C=O) groups is 1. The number of rotatable bonds is 3. The molecular formula is C20H20BrFN2O3S. The lowest BCUT2D eigenvalue weighted by molar-refractivity contribution is 0.0985. The molecule has 0 N–H and O–H groups in total. The number of piperidine rings is 1. The van der Waals surface area contributed by atoms with E-state index in [4.69, 9.17) is 0 Å². The summed E-state index contributed by atoms with van der Waals surface area (Å²) in [5.41, 5.74) is 1.44. The summed E-state index contributed by atoms with van der Waals surface area (Å²) in [5.74, 6) is -1.01. The Morgan fingerprint density at radius 3 is 2.46 bits per heavy atom. The second-order valence-corrected chi connectivity index (χ2v) is 9.94. The molecule has 1 amide bonds. The zero-order valence-corrected chi connectivity index (χ0v) is 17.6. The minimum atomic E-state index is -3.52. The Bertz CT molecular complexity index is 1040. The molecule has 1 saturated heterocycles. The van der Waals surface area contributed by atoms with Gasteiger partial charge in [-0.1, -0.05) is 22.4 Å². The maximum Gasteiger partial charge on any atom is 0.261 e. The average Bonchev–Trinajstić information content (AvgIpc) is 3.11. The molecule has 0 saturated carbocycles. The highest BCUT2D eigenvalue weighted by molar-refractivity contribution is 9.10. The van der Waals surface area contributed by atoms with Crippen LogP contribution in [0.25, 0.3) is 0 Å². The fourth-order valence-corrected chi connectivity index (χ4v) is 5.71. The van der Waals surface area contributed by atoms with Gasteiger partial charge < -0.3 is 4.90 Å². The zero-order chi connectivity index (χ0) is 19.9. The van der Waals surface area contributed by atoms with Crippen molar-refractivity contribution in [3.05, 3.63) is 57.8 Å². The molecule has 0 aromatic heterocycles. The molecule has 148 valence electrons. The fourth-order valence-electron chi connectivity index (χ4n) is 3.81. The van der Waals surface area contributed by atoms with Gasteiger partial charge in [-0.3, -0.25) is 4.79 Å². The van der Waals surface area contributed by atoms with Crippen molar-refractivity contribution in [3.63, 3.8) is 0 Å². The Morgan fingerprint density at radius 2 is 1.75 bits per heavy atom. The smallest absolute Gasteiger partial charge is 0.261 e. The third kappa shape index (κ3) is 3.49. The van der Waals surface area contributed by atoms with Crippen molar-refractivity contribution in [2.45, 2.75) is 30.6 Å². The van der Waals surface area contributed by atoms with Crippen molar-refractivity contribution < 1.29 is 17.6 Å². The molecule has 4 rings (SSSR count). The van der Waals surface area contributed by atoms with E-state index in [0.717, 1.165) is 24.8 Å². The first-order valence-corrected chi connectivity index (χ1v) is 11.5. The number of nitrogens with zero attached hydrogens (tertiary/aromatic N) is 2. The summed E-state index contributed by atoms with van der Waals surface area (Å²) in [6.45, 7) is 1.50. The van der Waals surface area contributed by atoms with Gasteiger partial charge in [0, 0.05) is 29.8 Å². The van der Waals surface area contributed by atoms with E-state index in [1.165, 1.54) is 21.3 Å². The Hall–Kier alpha value is -1.77. The minimum absolute atomic E-state index is 0.000986. The number of benzene rings is 2. The Morgan fingerprint density at radius 1 is 1.00 bits per heavy atom. The van der Waals surface area contributed by atoms with Crippen LogP contribution >= 0.6 is 15.9 Å². The standard InChI is InChI=1S/C20H20BrFN2O3S/c21-15-4-6-17(18(22)13-15)20(25)24-11-8-14-12-16(5-7-19(14)24)28(26,27)23-9-2-1-3-10-23/h4-7,12-13H,1-3,8-11H2. The van der Waals surface area contributed by atoms with Gasteiger partial charge in [-0.05, 0) is 61.2 Å². The molecule has 0 bridgehead atoms. The topological polar surface area (TPSA) is 57.7 Å². The van der Waals surface area contributed by atoms with Gasteiger partial charge in [-0.25, -0.2) is 12.8 Å². The normalized spacial score (nSPS) is 17.6. The highest BCUT2D eigenvalue weighted by Gasteiger charge is 2.31. The number of halogens is 2. The first-order valence-electron chi connectivity index (χ1n) is 9.28. The molecular weight excluding hydrogens is 447 g/mol. The van der Waals surface area contributed by atoms with E-state index >= 15 is 0 Å². The van der Waals surface area contributed by atoms with Gasteiger partial charge >= 0.3 is 0 Å². The van der Waals surface area contributed by atoms with E-state index in [9.17, 15) is 17.6 Å². The molecule has 5 nitrogen and oxygen atoms in total. The number of anilines is 1. The van der Waals surface area contributed by atoms with Crippen LogP contribution in [0.15, 0.2) is 45.8 Å². The summed E-state index contributed by atoms with van der Waals surface area (Å²) in [6.07, 6.45) is 3.36. The molecule has 0 radical (unpaired) electrons. The predicted octanol–water partition coefficient (Wildman–Crippen LogP) is 3.97. The molecule has 2 aliphatic rings. The summed E-state index contributed by atoms with van der Waals surface area (Å²) in [6, 6.07) is 9.21. The molecule has 0 spiro atoms. The maximum absolute atomic E-state index is 14.2. The third-order valence-electron chi connectivity index (χ3n) is 5.31. The van der Waals surface area contributed by atoms with Crippen LogP contribution in [0.5, 0.6) is 0 Å². The third-order valence-corrected chi connectivity index (χ3v) is 7.69. The van der Waals surface area contributed by atoms with Crippen LogP contribution in [-0.4, -0.2) is 38.3 Å². The lowest BCUT2D eigenvalue weighted by Crippen LogP contribution is -2.35. The van der Waals surface area contributed by atoms with Gasteiger partial charge in [0.15, 0.2) is 0 Å². The van der Waals surface area contributed by atoms with Crippen molar-refractivity contribution in [1.82, 2.24) is 4.31 Å². The number of hydrogen-bond acceptors (Lipinski definition) is 3. The maximum atomic E-state index is 14.2. The molecule has 28 heavy (non-hydrogen) atoms. The molecule has 2 aromatic rings. The molecule has 2 aliphatic heterocycles. The lowest BCUT2D eigenvalue weighted by atomic mass is 10.1. The van der Waals surface area contributed by atoms with Crippen molar-refractivity contribution in [1.29, 1.82) is 0 Å². The summed E-state index contributed by atoms with van der Waals surface area (Å²) in [5, 5.41) is 0. The number of carbonyl (C=O) groups excluding carboxylic acids is 1. The summed E-state index contributed by atoms with van der Waals surface area (Å²) in [4.78, 5) is 14.6. The van der Waals surface area contributed by atoms with Gasteiger partial charge in [0.1, 0.15) is 5.82 Å². The van der Waals surface area contributed by atoms with Crippen LogP contribution in [0.4, 0.5) is 10.1 Å². The molecule has 2 aromatic carbocycles. The molecule has 0 aliphatic carbocycles. The summed E-state index contributed by atoms with van der Waals surface area (Å²) in [7, 11) is -3.52. The Balaban J connectivity index is 1.62. The molecule has 2 heterocycles. The van der Waals surface area contributed by atoms with Crippen LogP contribution in [0.3, 0.4) is 0 Å². The van der Waals surface area contributed by atoms with Gasteiger partial charge in [0.25, 0.3) is 5.91 Å². The highest BCUT2D eigenvalue weighted by atomic mass is 79.9. The first kappa shape index (κ1) is 19.5. The Kier molecular flexibility index (Phi) is 5.28. The lowest BCUT2D eigenvalue weighted by Gasteiger charge is -2.26. The molecule has 0 unspecified atom stereocenters. The van der Waals surface area contributed by atoms with Crippen LogP contribution in [0.1, 0.15) is 35.2 Å². The highest BCUT2D eigenvalue weighted by Crippen LogP contribution is 2.33. The number of hydrogen-bond donors (Lipinski definition) is 0. The van der Waals surface area contributed by atoms with Gasteiger partial charge in [0.2, 0.25) is 10.0 Å². The largest absolute Gasteiger partial charge is 0.308 e. The fraction of sp³-hybridized carbons (Fsp3) is 0.350. The van der Waals surface area contributed by atoms with Crippen molar-refractivity contribution >= 4 is 37.5 Å². The average molecular weight is 467 g/mol. The molecule has 1 fully saturated rings. The van der Waals surface area contributed by atoms with E-state index in [-0.39, 0.29) is 10.5 Å². The van der Waals surface area contributed by atoms with Crippen LogP contribution in [-0.2, 0) is 16.4 Å². The van der Waals surface area contributed by atoms with E-state index in [2.05, 4.69) is 15.9 Å². The van der Waals surface area contributed by atoms with Crippen LogP contribution in [0.2, 0.25) is 0 Å². The second-order valence-electron chi connectivity index (χ2n) is 7.09. The number of amides is 1. The number of fused-ring (bicyclic) bond motifs is 1. The molecule has 8 heteroatoms. The van der Waals surface area contributed by atoms with E-state index < -0.39 is 21.7 Å². The van der Waals surface area contributed by atoms with E-state index in [1.807, 2.05) is 0 Å².